The van der Waals surface area contributed by atoms with Crippen LogP contribution in [0.4, 0.5) is 0 Å². The summed E-state index contributed by atoms with van der Waals surface area (Å²) in [5.41, 5.74) is 5.93. The topological polar surface area (TPSA) is 30.2 Å². The van der Waals surface area contributed by atoms with Crippen molar-refractivity contribution in [3.8, 4) is 22.3 Å². The minimum absolute atomic E-state index is 0.707. The molecule has 0 aliphatic heterocycles. The van der Waals surface area contributed by atoms with E-state index in [1.165, 1.54) is 4.70 Å². The van der Waals surface area contributed by atoms with Crippen molar-refractivity contribution in [2.75, 3.05) is 6.26 Å². The van der Waals surface area contributed by atoms with Crippen molar-refractivity contribution >= 4 is 86.6 Å². The molecule has 2 nitrogen and oxygen atoms in total. The largest absolute Gasteiger partial charge is 0.455 e. The lowest BCUT2D eigenvalue weighted by Crippen LogP contribution is -1.92. The molecule has 0 spiro atoms. The van der Waals surface area contributed by atoms with Crippen molar-refractivity contribution < 1.29 is 8.63 Å². The second-order valence-electron chi connectivity index (χ2n) is 9.99. The molecule has 0 aliphatic carbocycles. The Hall–Kier alpha value is -3.96. The molecule has 0 amide bonds. The van der Waals surface area contributed by atoms with Crippen LogP contribution in [0, 0.1) is 0 Å². The summed E-state index contributed by atoms with van der Waals surface area (Å²) in [4.78, 5) is 0.813. The normalized spacial score (nSPS) is 12.8. The van der Waals surface area contributed by atoms with E-state index in [1.54, 1.807) is 17.6 Å². The predicted molar refractivity (Wildman–Crippen MR) is 172 cm³/mol. The van der Waals surface area contributed by atoms with E-state index in [0.29, 0.717) is 5.02 Å². The number of thiophene rings is 1. The van der Waals surface area contributed by atoms with Crippen LogP contribution in [0.3, 0.4) is 0 Å². The lowest BCUT2D eigenvalue weighted by Gasteiger charge is -2.14. The number of furan rings is 1. The highest BCUT2D eigenvalue weighted by molar-refractivity contribution is 7.84. The molecular weight excluding hydrogens is 552 g/mol. The van der Waals surface area contributed by atoms with Crippen molar-refractivity contribution in [3.63, 3.8) is 0 Å². The first-order chi connectivity index (χ1) is 19.6. The molecule has 0 aliphatic rings. The highest BCUT2D eigenvalue weighted by Crippen LogP contribution is 2.53. The summed E-state index contributed by atoms with van der Waals surface area (Å²) >= 11 is 8.25. The van der Waals surface area contributed by atoms with E-state index in [0.717, 1.165) is 75.3 Å². The van der Waals surface area contributed by atoms with Crippen LogP contribution in [0.25, 0.3) is 75.1 Å². The zero-order valence-electron chi connectivity index (χ0n) is 21.4. The molecular formula is C35H21ClO2S2. The van der Waals surface area contributed by atoms with Gasteiger partial charge in [0.2, 0.25) is 0 Å². The number of rotatable bonds is 3. The monoisotopic (exact) mass is 572 g/mol. The van der Waals surface area contributed by atoms with Gasteiger partial charge in [-0.25, -0.2) is 0 Å². The number of hydrogen-bond acceptors (Lipinski definition) is 3. The molecule has 1 atom stereocenters. The Balaban J connectivity index is 1.74. The van der Waals surface area contributed by atoms with E-state index >= 15 is 0 Å². The van der Waals surface area contributed by atoms with Crippen molar-refractivity contribution in [2.24, 2.45) is 0 Å². The van der Waals surface area contributed by atoms with E-state index in [1.807, 2.05) is 36.4 Å². The molecule has 1 unspecified atom stereocenters. The third kappa shape index (κ3) is 3.43. The Labute approximate surface area is 241 Å². The molecule has 0 saturated heterocycles. The summed E-state index contributed by atoms with van der Waals surface area (Å²) in [5.74, 6) is 0. The zero-order valence-corrected chi connectivity index (χ0v) is 23.8. The van der Waals surface area contributed by atoms with Crippen LogP contribution in [0.15, 0.2) is 119 Å². The van der Waals surface area contributed by atoms with Crippen LogP contribution in [0.2, 0.25) is 5.02 Å². The Morgan fingerprint density at radius 3 is 2.10 bits per heavy atom. The van der Waals surface area contributed by atoms with Crippen LogP contribution in [-0.4, -0.2) is 10.5 Å². The molecule has 192 valence electrons. The molecule has 0 bridgehead atoms. The van der Waals surface area contributed by atoms with E-state index in [-0.39, 0.29) is 0 Å². The van der Waals surface area contributed by atoms with Gasteiger partial charge in [-0.1, -0.05) is 103 Å². The lowest BCUT2D eigenvalue weighted by molar-refractivity contribution is 0.670. The fraction of sp³-hybridized carbons (Fsp3) is 0.0286. The predicted octanol–water partition coefficient (Wildman–Crippen LogP) is 10.8. The van der Waals surface area contributed by atoms with Crippen LogP contribution < -0.4 is 0 Å². The summed E-state index contributed by atoms with van der Waals surface area (Å²) in [7, 11) is -1.25. The fourth-order valence-electron chi connectivity index (χ4n) is 6.08. The third-order valence-electron chi connectivity index (χ3n) is 7.67. The average Bonchev–Trinajstić information content (AvgIpc) is 3.53. The van der Waals surface area contributed by atoms with Crippen molar-refractivity contribution in [1.29, 1.82) is 0 Å². The summed E-state index contributed by atoms with van der Waals surface area (Å²) in [6, 6.07) is 37.3. The van der Waals surface area contributed by atoms with Crippen LogP contribution in [-0.2, 0) is 10.8 Å². The van der Waals surface area contributed by atoms with E-state index in [4.69, 9.17) is 16.0 Å². The molecule has 40 heavy (non-hydrogen) atoms. The first-order valence-corrected chi connectivity index (χ1v) is 15.8. The van der Waals surface area contributed by atoms with Crippen LogP contribution in [0.1, 0.15) is 0 Å². The lowest BCUT2D eigenvalue weighted by atomic mass is 9.89. The van der Waals surface area contributed by atoms with E-state index in [2.05, 4.69) is 72.8 Å². The highest BCUT2D eigenvalue weighted by atomic mass is 35.5. The van der Waals surface area contributed by atoms with Gasteiger partial charge in [-0.05, 0) is 40.1 Å². The second-order valence-corrected chi connectivity index (χ2v) is 12.8. The van der Waals surface area contributed by atoms with E-state index in [9.17, 15) is 4.21 Å². The summed E-state index contributed by atoms with van der Waals surface area (Å²) < 4.78 is 22.7. The molecule has 0 fully saturated rings. The van der Waals surface area contributed by atoms with Gasteiger partial charge in [-0.15, -0.1) is 11.3 Å². The van der Waals surface area contributed by atoms with Gasteiger partial charge in [0.25, 0.3) is 0 Å². The molecule has 0 N–H and O–H groups in total. The van der Waals surface area contributed by atoms with Crippen molar-refractivity contribution in [3.05, 3.63) is 114 Å². The van der Waals surface area contributed by atoms with Gasteiger partial charge in [-0.3, -0.25) is 4.21 Å². The average molecular weight is 573 g/mol. The highest BCUT2D eigenvalue weighted by Gasteiger charge is 2.27. The maximum absolute atomic E-state index is 13.5. The molecule has 6 aromatic carbocycles. The number of benzene rings is 6. The molecule has 8 aromatic rings. The maximum atomic E-state index is 13.5. The summed E-state index contributed by atoms with van der Waals surface area (Å²) in [6.07, 6.45) is 1.76. The Kier molecular flexibility index (Phi) is 5.39. The Bertz CT molecular complexity index is 2300. The SMILES string of the molecule is CS(=O)c1c2ccccc2cc2oc3c(-c4ccccc4)c(-c4ccccc4)c4sc5cc(Cl)ccc5c4c3c12. The number of fused-ring (bicyclic) bond motifs is 8. The van der Waals surface area contributed by atoms with Crippen molar-refractivity contribution in [2.45, 2.75) is 4.90 Å². The van der Waals surface area contributed by atoms with Gasteiger partial charge >= 0.3 is 0 Å². The van der Waals surface area contributed by atoms with E-state index < -0.39 is 10.8 Å². The number of hydrogen-bond donors (Lipinski definition) is 0. The van der Waals surface area contributed by atoms with Crippen molar-refractivity contribution in [1.82, 2.24) is 0 Å². The van der Waals surface area contributed by atoms with Gasteiger partial charge in [0.15, 0.2) is 0 Å². The van der Waals surface area contributed by atoms with Gasteiger partial charge in [0, 0.05) is 53.4 Å². The fourth-order valence-corrected chi connectivity index (χ4v) is 8.62. The third-order valence-corrected chi connectivity index (χ3v) is 10.1. The van der Waals surface area contributed by atoms with Crippen LogP contribution in [0.5, 0.6) is 0 Å². The smallest absolute Gasteiger partial charge is 0.144 e. The summed E-state index contributed by atoms with van der Waals surface area (Å²) in [6.45, 7) is 0. The van der Waals surface area contributed by atoms with Crippen LogP contribution >= 0.6 is 22.9 Å². The van der Waals surface area contributed by atoms with Gasteiger partial charge in [0.05, 0.1) is 15.7 Å². The van der Waals surface area contributed by atoms with Gasteiger partial charge < -0.3 is 4.42 Å². The summed E-state index contributed by atoms with van der Waals surface area (Å²) in [5, 5.41) is 6.88. The molecule has 0 radical (unpaired) electrons. The second kappa shape index (κ2) is 9.03. The Morgan fingerprint density at radius 1 is 0.700 bits per heavy atom. The number of halogens is 1. The zero-order chi connectivity index (χ0) is 27.0. The minimum Gasteiger partial charge on any atom is -0.455 e. The maximum Gasteiger partial charge on any atom is 0.144 e. The Morgan fingerprint density at radius 2 is 1.38 bits per heavy atom. The first-order valence-electron chi connectivity index (χ1n) is 13.0. The molecule has 2 heterocycles. The molecule has 0 saturated carbocycles. The van der Waals surface area contributed by atoms with Gasteiger partial charge in [0.1, 0.15) is 11.2 Å². The molecule has 5 heteroatoms. The standard InChI is InChI=1S/C35H21ClO2S2/c1-40(37)35-24-15-9-8-14-22(24)18-26-31(35)32-30-25-17-16-23(36)19-27(25)39-34(30)29(21-12-6-3-7-13-21)28(33(32)38-26)20-10-4-2-5-11-20/h2-19H,1H3. The molecule has 2 aromatic heterocycles. The molecule has 8 rings (SSSR count). The minimum atomic E-state index is -1.25. The van der Waals surface area contributed by atoms with Gasteiger partial charge in [-0.2, -0.15) is 0 Å². The first kappa shape index (κ1) is 23.9. The quantitative estimate of drug-likeness (QED) is 0.211.